The van der Waals surface area contributed by atoms with Crippen molar-refractivity contribution < 1.29 is 24.5 Å². The zero-order valence-corrected chi connectivity index (χ0v) is 18.8. The van der Waals surface area contributed by atoms with Crippen LogP contribution >= 0.6 is 0 Å². The Balaban J connectivity index is 0.000000350. The maximum atomic E-state index is 12.9. The molecule has 1 aliphatic rings. The van der Waals surface area contributed by atoms with Crippen molar-refractivity contribution in [2.75, 3.05) is 32.8 Å². The van der Waals surface area contributed by atoms with Gasteiger partial charge in [0.1, 0.15) is 0 Å². The van der Waals surface area contributed by atoms with Gasteiger partial charge in [0.25, 0.3) is 5.56 Å². The fourth-order valence-corrected chi connectivity index (χ4v) is 3.79. The Morgan fingerprint density at radius 3 is 2.06 bits per heavy atom. The van der Waals surface area contributed by atoms with E-state index in [0.29, 0.717) is 12.2 Å². The summed E-state index contributed by atoms with van der Waals surface area (Å²) < 4.78 is 7.28. The normalized spacial score (nSPS) is 14.0. The van der Waals surface area contributed by atoms with Crippen molar-refractivity contribution >= 4 is 22.7 Å². The van der Waals surface area contributed by atoms with Gasteiger partial charge in [-0.2, -0.15) is 0 Å². The van der Waals surface area contributed by atoms with Gasteiger partial charge in [0, 0.05) is 55.5 Å². The lowest BCUT2D eigenvalue weighted by Crippen LogP contribution is -2.37. The third kappa shape index (κ3) is 7.13. The predicted molar refractivity (Wildman–Crippen MR) is 130 cm³/mol. The van der Waals surface area contributed by atoms with E-state index in [0.717, 1.165) is 67.7 Å². The molecule has 4 rings (SSSR count). The molecule has 8 heteroatoms. The highest BCUT2D eigenvalue weighted by atomic mass is 16.5. The minimum Gasteiger partial charge on any atom is -0.478 e. The van der Waals surface area contributed by atoms with Gasteiger partial charge in [0.2, 0.25) is 0 Å². The molecule has 34 heavy (non-hydrogen) atoms. The Bertz CT molecular complexity index is 1180. The van der Waals surface area contributed by atoms with Crippen molar-refractivity contribution in [1.29, 1.82) is 0 Å². The van der Waals surface area contributed by atoms with E-state index < -0.39 is 11.9 Å². The van der Waals surface area contributed by atoms with Crippen molar-refractivity contribution in [2.45, 2.75) is 13.0 Å². The Morgan fingerprint density at radius 2 is 1.44 bits per heavy atom. The van der Waals surface area contributed by atoms with E-state index >= 15 is 0 Å². The minimum absolute atomic E-state index is 0.0993. The van der Waals surface area contributed by atoms with Crippen molar-refractivity contribution in [2.24, 2.45) is 0 Å². The van der Waals surface area contributed by atoms with E-state index in [1.165, 1.54) is 0 Å². The highest BCUT2D eigenvalue weighted by Crippen LogP contribution is 2.26. The lowest BCUT2D eigenvalue weighted by atomic mass is 10.0. The molecular weight excluding hydrogens is 436 g/mol. The molecule has 0 spiro atoms. The Morgan fingerprint density at radius 1 is 0.853 bits per heavy atom. The van der Waals surface area contributed by atoms with Crippen LogP contribution in [-0.4, -0.2) is 64.5 Å². The molecule has 8 nitrogen and oxygen atoms in total. The molecule has 2 N–H and O–H groups in total. The summed E-state index contributed by atoms with van der Waals surface area (Å²) >= 11 is 0. The maximum absolute atomic E-state index is 12.9. The van der Waals surface area contributed by atoms with Crippen LogP contribution in [0.4, 0.5) is 0 Å². The van der Waals surface area contributed by atoms with Crippen LogP contribution in [0.2, 0.25) is 0 Å². The molecule has 178 valence electrons. The average molecular weight is 465 g/mol. The Labute approximate surface area is 197 Å². The lowest BCUT2D eigenvalue weighted by molar-refractivity contribution is -0.134. The van der Waals surface area contributed by atoms with Gasteiger partial charge in [-0.25, -0.2) is 9.59 Å². The van der Waals surface area contributed by atoms with Crippen LogP contribution in [0.3, 0.4) is 0 Å². The molecule has 2 aromatic carbocycles. The second kappa shape index (κ2) is 12.5. The van der Waals surface area contributed by atoms with Crippen molar-refractivity contribution in [3.8, 4) is 11.1 Å². The van der Waals surface area contributed by atoms with Gasteiger partial charge in [-0.15, -0.1) is 0 Å². The summed E-state index contributed by atoms with van der Waals surface area (Å²) in [6.07, 6.45) is 4.11. The molecule has 1 fully saturated rings. The zero-order chi connectivity index (χ0) is 24.3. The summed E-state index contributed by atoms with van der Waals surface area (Å²) in [5, 5.41) is 17.4. The van der Waals surface area contributed by atoms with E-state index in [9.17, 15) is 14.4 Å². The maximum Gasteiger partial charge on any atom is 0.328 e. The van der Waals surface area contributed by atoms with Crippen molar-refractivity contribution in [3.63, 3.8) is 0 Å². The molecule has 0 aliphatic carbocycles. The first-order valence-electron chi connectivity index (χ1n) is 11.1. The smallest absolute Gasteiger partial charge is 0.328 e. The molecule has 1 aliphatic heterocycles. The predicted octanol–water partition coefficient (Wildman–Crippen LogP) is 3.10. The Kier molecular flexibility index (Phi) is 9.13. The van der Waals surface area contributed by atoms with E-state index in [2.05, 4.69) is 17.0 Å². The third-order valence-corrected chi connectivity index (χ3v) is 5.42. The molecule has 2 heterocycles. The van der Waals surface area contributed by atoms with Gasteiger partial charge in [0.15, 0.2) is 0 Å². The highest BCUT2D eigenvalue weighted by Gasteiger charge is 2.12. The molecule has 0 radical (unpaired) electrons. The van der Waals surface area contributed by atoms with E-state index in [-0.39, 0.29) is 5.56 Å². The van der Waals surface area contributed by atoms with Gasteiger partial charge in [0.05, 0.1) is 13.2 Å². The number of hydrogen-bond acceptors (Lipinski definition) is 5. The number of aryl methyl sites for hydroxylation is 1. The van der Waals surface area contributed by atoms with Gasteiger partial charge in [-0.1, -0.05) is 48.5 Å². The van der Waals surface area contributed by atoms with Crippen molar-refractivity contribution in [3.05, 3.63) is 83.3 Å². The van der Waals surface area contributed by atoms with E-state index in [4.69, 9.17) is 14.9 Å². The number of carbonyl (C=O) groups is 2. The number of nitrogens with zero attached hydrogens (tertiary/aromatic N) is 2. The summed E-state index contributed by atoms with van der Waals surface area (Å²) in [4.78, 5) is 34.4. The van der Waals surface area contributed by atoms with Gasteiger partial charge in [-0.3, -0.25) is 9.69 Å². The molecule has 3 aromatic rings. The van der Waals surface area contributed by atoms with Crippen LogP contribution in [0.25, 0.3) is 21.9 Å². The molecule has 1 aromatic heterocycles. The minimum atomic E-state index is -1.26. The van der Waals surface area contributed by atoms with Crippen LogP contribution in [0.5, 0.6) is 0 Å². The summed E-state index contributed by atoms with van der Waals surface area (Å²) in [7, 11) is 0. The number of fused-ring (bicyclic) bond motifs is 1. The number of pyridine rings is 1. The van der Waals surface area contributed by atoms with Gasteiger partial charge >= 0.3 is 11.9 Å². The van der Waals surface area contributed by atoms with Crippen LogP contribution in [0.15, 0.2) is 77.7 Å². The molecular formula is C26H28N2O6. The van der Waals surface area contributed by atoms with Crippen LogP contribution in [0, 0.1) is 0 Å². The molecule has 0 saturated carbocycles. The zero-order valence-electron chi connectivity index (χ0n) is 18.8. The second-order valence-corrected chi connectivity index (χ2v) is 7.77. The number of aromatic nitrogens is 1. The monoisotopic (exact) mass is 464 g/mol. The number of rotatable bonds is 7. The number of morpholine rings is 1. The second-order valence-electron chi connectivity index (χ2n) is 7.77. The molecule has 0 unspecified atom stereocenters. The number of carboxylic acid groups (broad SMARTS) is 2. The largest absolute Gasteiger partial charge is 0.478 e. The number of carboxylic acids is 2. The fraction of sp³-hybridized carbons (Fsp3) is 0.269. The first-order chi connectivity index (χ1) is 16.5. The number of aliphatic carboxylic acids is 2. The van der Waals surface area contributed by atoms with Crippen molar-refractivity contribution in [1.82, 2.24) is 9.47 Å². The number of benzene rings is 2. The third-order valence-electron chi connectivity index (χ3n) is 5.42. The number of hydrogen-bond donors (Lipinski definition) is 2. The lowest BCUT2D eigenvalue weighted by Gasteiger charge is -2.26. The quantitative estimate of drug-likeness (QED) is 0.517. The first kappa shape index (κ1) is 24.9. The average Bonchev–Trinajstić information content (AvgIpc) is 2.86. The van der Waals surface area contributed by atoms with Crippen LogP contribution in [0.1, 0.15) is 6.42 Å². The van der Waals surface area contributed by atoms with E-state index in [1.807, 2.05) is 53.2 Å². The van der Waals surface area contributed by atoms with Crippen LogP contribution < -0.4 is 5.56 Å². The summed E-state index contributed by atoms with van der Waals surface area (Å²) in [6, 6.07) is 18.2. The summed E-state index contributed by atoms with van der Waals surface area (Å²) in [5.41, 5.74) is 2.36. The standard InChI is InChI=1S/C22H24N2O2.C4H4O4/c25-22-20-10-5-4-9-19(20)21(18-7-2-1-3-8-18)17-24(22)12-6-11-23-13-15-26-16-14-23;5-3(6)1-2-4(7)8/h1-5,7-10,17H,6,11-16H2;1-2H,(H,5,6)(H,7,8)/b;2-1-. The SMILES string of the molecule is O=C(O)/C=C\C(=O)O.O=c1c2ccccc2c(-c2ccccc2)cn1CCCN1CCOCC1. The van der Waals surface area contributed by atoms with Gasteiger partial charge in [-0.05, 0) is 23.4 Å². The number of ether oxygens (including phenoxy) is 1. The molecule has 1 saturated heterocycles. The fourth-order valence-electron chi connectivity index (χ4n) is 3.79. The van der Waals surface area contributed by atoms with E-state index in [1.54, 1.807) is 0 Å². The molecule has 0 amide bonds. The molecule has 0 bridgehead atoms. The Hall–Kier alpha value is -3.75. The summed E-state index contributed by atoms with van der Waals surface area (Å²) in [6.45, 7) is 5.34. The topological polar surface area (TPSA) is 109 Å². The first-order valence-corrected chi connectivity index (χ1v) is 11.1. The van der Waals surface area contributed by atoms with Gasteiger partial charge < -0.3 is 19.5 Å². The molecule has 0 atom stereocenters. The van der Waals surface area contributed by atoms with Crippen LogP contribution in [-0.2, 0) is 20.9 Å². The highest BCUT2D eigenvalue weighted by molar-refractivity contribution is 5.95. The summed E-state index contributed by atoms with van der Waals surface area (Å²) in [5.74, 6) is -2.51.